The van der Waals surface area contributed by atoms with Crippen molar-refractivity contribution >= 4 is 17.8 Å². The number of nitrogens with one attached hydrogen (secondary N) is 2. The second kappa shape index (κ2) is 9.26. The molecule has 1 aliphatic rings. The summed E-state index contributed by atoms with van der Waals surface area (Å²) in [6, 6.07) is 5.15. The minimum absolute atomic E-state index is 0.0530. The lowest BCUT2D eigenvalue weighted by molar-refractivity contribution is -0.130. The van der Waals surface area contributed by atoms with Gasteiger partial charge in [-0.1, -0.05) is 0 Å². The molecular formula is C19H26N6O4. The van der Waals surface area contributed by atoms with E-state index in [1.807, 2.05) is 0 Å². The van der Waals surface area contributed by atoms with Crippen molar-refractivity contribution < 1.29 is 19.1 Å². The fraction of sp³-hybridized carbons (Fsp3) is 0.474. The maximum absolute atomic E-state index is 12.7. The van der Waals surface area contributed by atoms with Crippen LogP contribution in [-0.4, -0.2) is 64.7 Å². The van der Waals surface area contributed by atoms with Gasteiger partial charge in [0.2, 0.25) is 11.9 Å². The highest BCUT2D eigenvalue weighted by Crippen LogP contribution is 2.27. The molecule has 1 aliphatic heterocycles. The molecule has 10 heteroatoms. The Bertz CT molecular complexity index is 860. The van der Waals surface area contributed by atoms with Gasteiger partial charge in [-0.2, -0.15) is 4.98 Å². The SMILES string of the molecule is COc1ccc(OC2CCN(C(C)=O)CC2)c(C(=O)NCCc2nc(N)n[nH]2)c1. The molecule has 1 fully saturated rings. The third-order valence-corrected chi connectivity index (χ3v) is 4.81. The number of rotatable bonds is 7. The lowest BCUT2D eigenvalue weighted by Crippen LogP contribution is -2.40. The van der Waals surface area contributed by atoms with Gasteiger partial charge in [0.15, 0.2) is 0 Å². The van der Waals surface area contributed by atoms with Crippen LogP contribution in [0.1, 0.15) is 35.9 Å². The van der Waals surface area contributed by atoms with Crippen LogP contribution >= 0.6 is 0 Å². The molecule has 1 aromatic heterocycles. The fourth-order valence-corrected chi connectivity index (χ4v) is 3.20. The standard InChI is InChI=1S/C19H26N6O4/c1-12(26)25-9-6-13(7-10-25)29-16-4-3-14(28-2)11-15(16)18(27)21-8-5-17-22-19(20)24-23-17/h3-4,11,13H,5-10H2,1-2H3,(H,21,27)(H3,20,22,23,24). The molecule has 0 atom stereocenters. The zero-order valence-corrected chi connectivity index (χ0v) is 16.6. The molecule has 0 aliphatic carbocycles. The van der Waals surface area contributed by atoms with Crippen molar-refractivity contribution in [2.75, 3.05) is 32.5 Å². The van der Waals surface area contributed by atoms with Gasteiger partial charge in [0.1, 0.15) is 23.4 Å². The van der Waals surface area contributed by atoms with E-state index in [2.05, 4.69) is 20.5 Å². The third-order valence-electron chi connectivity index (χ3n) is 4.81. The largest absolute Gasteiger partial charge is 0.497 e. The Balaban J connectivity index is 1.63. The molecule has 29 heavy (non-hydrogen) atoms. The summed E-state index contributed by atoms with van der Waals surface area (Å²) >= 11 is 0. The van der Waals surface area contributed by atoms with Crippen LogP contribution in [0.25, 0.3) is 0 Å². The van der Waals surface area contributed by atoms with E-state index >= 15 is 0 Å². The number of nitrogen functional groups attached to an aromatic ring is 1. The van der Waals surface area contributed by atoms with Gasteiger partial charge in [-0.3, -0.25) is 14.7 Å². The van der Waals surface area contributed by atoms with Crippen LogP contribution in [0.4, 0.5) is 5.95 Å². The average Bonchev–Trinajstić information content (AvgIpc) is 3.13. The quantitative estimate of drug-likeness (QED) is 0.622. The summed E-state index contributed by atoms with van der Waals surface area (Å²) in [5.41, 5.74) is 5.87. The molecular weight excluding hydrogens is 376 g/mol. The third kappa shape index (κ3) is 5.37. The van der Waals surface area contributed by atoms with Gasteiger partial charge in [-0.05, 0) is 18.2 Å². The van der Waals surface area contributed by atoms with Crippen LogP contribution in [0.5, 0.6) is 11.5 Å². The number of methoxy groups -OCH3 is 1. The highest BCUT2D eigenvalue weighted by molar-refractivity contribution is 5.97. The van der Waals surface area contributed by atoms with Gasteiger partial charge < -0.3 is 25.4 Å². The number of H-pyrrole nitrogens is 1. The Morgan fingerprint density at radius 1 is 1.34 bits per heavy atom. The molecule has 2 heterocycles. The second-order valence-electron chi connectivity index (χ2n) is 6.83. The van der Waals surface area contributed by atoms with Crippen molar-refractivity contribution in [2.24, 2.45) is 0 Å². The summed E-state index contributed by atoms with van der Waals surface area (Å²) in [6.07, 6.45) is 1.86. The first-order chi connectivity index (χ1) is 14.0. The van der Waals surface area contributed by atoms with E-state index in [1.165, 1.54) is 0 Å². The molecule has 10 nitrogen and oxygen atoms in total. The number of hydrogen-bond acceptors (Lipinski definition) is 7. The molecule has 2 aromatic rings. The van der Waals surface area contributed by atoms with E-state index in [0.717, 1.165) is 12.8 Å². The number of aromatic amines is 1. The normalized spacial score (nSPS) is 14.5. The molecule has 156 valence electrons. The average molecular weight is 402 g/mol. The van der Waals surface area contributed by atoms with Gasteiger partial charge in [0.05, 0.1) is 12.7 Å². The number of benzene rings is 1. The predicted octanol–water partition coefficient (Wildman–Crippen LogP) is 0.758. The maximum atomic E-state index is 12.7. The number of aromatic nitrogens is 3. The van der Waals surface area contributed by atoms with Crippen molar-refractivity contribution in [1.82, 2.24) is 25.4 Å². The Morgan fingerprint density at radius 2 is 2.10 bits per heavy atom. The van der Waals surface area contributed by atoms with Crippen LogP contribution in [-0.2, 0) is 11.2 Å². The molecule has 2 amide bonds. The number of anilines is 1. The van der Waals surface area contributed by atoms with Gasteiger partial charge in [-0.15, -0.1) is 5.10 Å². The van der Waals surface area contributed by atoms with Crippen molar-refractivity contribution in [2.45, 2.75) is 32.3 Å². The molecule has 1 saturated heterocycles. The maximum Gasteiger partial charge on any atom is 0.255 e. The second-order valence-corrected chi connectivity index (χ2v) is 6.83. The highest BCUT2D eigenvalue weighted by atomic mass is 16.5. The summed E-state index contributed by atoms with van der Waals surface area (Å²) in [7, 11) is 1.54. The zero-order valence-electron chi connectivity index (χ0n) is 16.6. The minimum Gasteiger partial charge on any atom is -0.497 e. The number of nitrogens with two attached hydrogens (primary N) is 1. The van der Waals surface area contributed by atoms with Crippen molar-refractivity contribution in [3.63, 3.8) is 0 Å². The van der Waals surface area contributed by atoms with E-state index < -0.39 is 0 Å². The summed E-state index contributed by atoms with van der Waals surface area (Å²) < 4.78 is 11.4. The number of likely N-dealkylation sites (tertiary alicyclic amines) is 1. The van der Waals surface area contributed by atoms with Crippen LogP contribution < -0.4 is 20.5 Å². The molecule has 3 rings (SSSR count). The summed E-state index contributed by atoms with van der Waals surface area (Å²) in [6.45, 7) is 3.23. The van der Waals surface area contributed by atoms with Gasteiger partial charge in [-0.25, -0.2) is 0 Å². The van der Waals surface area contributed by atoms with Gasteiger partial charge in [0, 0.05) is 45.8 Å². The molecule has 0 radical (unpaired) electrons. The first-order valence-corrected chi connectivity index (χ1v) is 9.51. The first-order valence-electron chi connectivity index (χ1n) is 9.51. The predicted molar refractivity (Wildman–Crippen MR) is 106 cm³/mol. The number of carbonyl (C=O) groups excluding carboxylic acids is 2. The number of ether oxygens (including phenoxy) is 2. The first kappa shape index (κ1) is 20.4. The lowest BCUT2D eigenvalue weighted by atomic mass is 10.1. The lowest BCUT2D eigenvalue weighted by Gasteiger charge is -2.31. The van der Waals surface area contributed by atoms with E-state index in [4.69, 9.17) is 15.2 Å². The van der Waals surface area contributed by atoms with E-state index in [9.17, 15) is 9.59 Å². The van der Waals surface area contributed by atoms with Crippen molar-refractivity contribution in [1.29, 1.82) is 0 Å². The number of hydrogen-bond donors (Lipinski definition) is 3. The summed E-state index contributed by atoms with van der Waals surface area (Å²) in [5.74, 6) is 1.63. The topological polar surface area (TPSA) is 135 Å². The summed E-state index contributed by atoms with van der Waals surface area (Å²) in [5, 5.41) is 9.31. The molecule has 4 N–H and O–H groups in total. The number of carbonyl (C=O) groups is 2. The molecule has 0 bridgehead atoms. The highest BCUT2D eigenvalue weighted by Gasteiger charge is 2.24. The van der Waals surface area contributed by atoms with Crippen molar-refractivity contribution in [3.8, 4) is 11.5 Å². The zero-order chi connectivity index (χ0) is 20.8. The molecule has 0 unspecified atom stereocenters. The Labute approximate surface area is 168 Å². The molecule has 1 aromatic carbocycles. The van der Waals surface area contributed by atoms with E-state index in [-0.39, 0.29) is 23.9 Å². The van der Waals surface area contributed by atoms with Crippen LogP contribution in [0.2, 0.25) is 0 Å². The number of nitrogens with zero attached hydrogens (tertiary/aromatic N) is 3. The Hall–Kier alpha value is -3.30. The molecule has 0 spiro atoms. The summed E-state index contributed by atoms with van der Waals surface area (Å²) in [4.78, 5) is 30.0. The Kier molecular flexibility index (Phi) is 6.53. The van der Waals surface area contributed by atoms with Gasteiger partial charge in [0.25, 0.3) is 5.91 Å². The van der Waals surface area contributed by atoms with E-state index in [0.29, 0.717) is 48.9 Å². The van der Waals surface area contributed by atoms with E-state index in [1.54, 1.807) is 37.1 Å². The Morgan fingerprint density at radius 3 is 2.72 bits per heavy atom. The number of amides is 2. The van der Waals surface area contributed by atoms with Crippen LogP contribution in [0, 0.1) is 0 Å². The molecule has 0 saturated carbocycles. The van der Waals surface area contributed by atoms with Crippen LogP contribution in [0.15, 0.2) is 18.2 Å². The fourth-order valence-electron chi connectivity index (χ4n) is 3.20. The van der Waals surface area contributed by atoms with Crippen LogP contribution in [0.3, 0.4) is 0 Å². The minimum atomic E-state index is -0.271. The monoisotopic (exact) mass is 402 g/mol. The number of piperidine rings is 1. The van der Waals surface area contributed by atoms with Gasteiger partial charge >= 0.3 is 0 Å². The smallest absolute Gasteiger partial charge is 0.255 e. The van der Waals surface area contributed by atoms with Crippen molar-refractivity contribution in [3.05, 3.63) is 29.6 Å².